The number of aromatic nitrogens is 1. The lowest BCUT2D eigenvalue weighted by molar-refractivity contribution is -0.155. The number of rotatable bonds is 9. The molecular formula is C41H53N5O7S. The van der Waals surface area contributed by atoms with Gasteiger partial charge in [-0.05, 0) is 106 Å². The minimum Gasteiger partial charge on any atom is -0.508 e. The van der Waals surface area contributed by atoms with Crippen molar-refractivity contribution in [3.8, 4) is 16.9 Å². The number of ether oxygens (including phenoxy) is 2. The first-order valence-corrected chi connectivity index (χ1v) is 20.4. The van der Waals surface area contributed by atoms with Gasteiger partial charge in [0.15, 0.2) is 0 Å². The van der Waals surface area contributed by atoms with E-state index >= 15 is 0 Å². The minimum absolute atomic E-state index is 0.00664. The van der Waals surface area contributed by atoms with Crippen molar-refractivity contribution in [3.05, 3.63) is 71.6 Å². The lowest BCUT2D eigenvalue weighted by Gasteiger charge is -2.35. The molecule has 3 atom stereocenters. The van der Waals surface area contributed by atoms with Crippen LogP contribution in [0, 0.1) is 5.41 Å². The highest BCUT2D eigenvalue weighted by atomic mass is 32.2. The Labute approximate surface area is 318 Å². The van der Waals surface area contributed by atoms with Crippen molar-refractivity contribution in [2.24, 2.45) is 10.4 Å². The summed E-state index contributed by atoms with van der Waals surface area (Å²) in [5.74, 6) is -0.982. The lowest BCUT2D eigenvalue weighted by Crippen LogP contribution is -2.60. The third-order valence-corrected chi connectivity index (χ3v) is 12.5. The van der Waals surface area contributed by atoms with E-state index in [1.54, 1.807) is 25.5 Å². The molecule has 1 saturated carbocycles. The third-order valence-electron chi connectivity index (χ3n) is 10.5. The number of allylic oxidation sites excluding steroid dienone is 2. The van der Waals surface area contributed by atoms with Gasteiger partial charge in [-0.3, -0.25) is 19.6 Å². The number of esters is 1. The Kier molecular flexibility index (Phi) is 11.5. The van der Waals surface area contributed by atoms with Gasteiger partial charge in [-0.15, -0.1) is 0 Å². The van der Waals surface area contributed by atoms with Gasteiger partial charge in [-0.2, -0.15) is 0 Å². The summed E-state index contributed by atoms with van der Waals surface area (Å²) in [5, 5.41) is 12.8. The fraction of sp³-hybridized carbons (Fsp3) is 0.488. The third kappa shape index (κ3) is 8.19. The van der Waals surface area contributed by atoms with E-state index in [1.165, 1.54) is 5.01 Å². The molecule has 0 unspecified atom stereocenters. The van der Waals surface area contributed by atoms with Crippen molar-refractivity contribution in [1.29, 1.82) is 0 Å². The highest BCUT2D eigenvalue weighted by molar-refractivity contribution is 7.90. The quantitative estimate of drug-likeness (QED) is 0.144. The maximum absolute atomic E-state index is 14.1. The van der Waals surface area contributed by atoms with Gasteiger partial charge in [0.05, 0.1) is 29.4 Å². The number of hydrogen-bond acceptors (Lipinski definition) is 9. The highest BCUT2D eigenvalue weighted by Crippen LogP contribution is 2.40. The first-order chi connectivity index (χ1) is 25.7. The maximum atomic E-state index is 14.1. The number of amides is 1. The normalized spacial score (nSPS) is 22.1. The summed E-state index contributed by atoms with van der Waals surface area (Å²) < 4.78 is 43.2. The number of hydrogen-bond donors (Lipinski definition) is 3. The molecule has 3 aromatic rings. The Bertz CT molecular complexity index is 2110. The fourth-order valence-electron chi connectivity index (χ4n) is 7.63. The predicted octanol–water partition coefficient (Wildman–Crippen LogP) is 5.67. The first kappa shape index (κ1) is 39.4. The van der Waals surface area contributed by atoms with Crippen LogP contribution in [0.3, 0.4) is 0 Å². The van der Waals surface area contributed by atoms with E-state index in [1.807, 2.05) is 32.1 Å². The summed E-state index contributed by atoms with van der Waals surface area (Å²) in [6.07, 6.45) is 5.82. The van der Waals surface area contributed by atoms with Crippen LogP contribution in [0.5, 0.6) is 5.75 Å². The number of nitrogens with zero attached hydrogens (tertiary/aromatic N) is 3. The molecule has 3 N–H and O–H groups in total. The second-order valence-electron chi connectivity index (χ2n) is 15.3. The van der Waals surface area contributed by atoms with Crippen molar-refractivity contribution in [2.45, 2.75) is 103 Å². The zero-order valence-corrected chi connectivity index (χ0v) is 33.0. The van der Waals surface area contributed by atoms with E-state index < -0.39 is 44.6 Å². The van der Waals surface area contributed by atoms with Crippen molar-refractivity contribution >= 4 is 44.6 Å². The van der Waals surface area contributed by atoms with Crippen LogP contribution in [0.2, 0.25) is 0 Å². The van der Waals surface area contributed by atoms with Gasteiger partial charge in [-0.1, -0.05) is 38.6 Å². The van der Waals surface area contributed by atoms with Crippen LogP contribution in [0.25, 0.3) is 27.6 Å². The monoisotopic (exact) mass is 759 g/mol. The molecule has 3 aliphatic rings. The summed E-state index contributed by atoms with van der Waals surface area (Å²) >= 11 is 0. The Hall–Kier alpha value is -4.30. The molecule has 290 valence electrons. The Morgan fingerprint density at radius 3 is 2.61 bits per heavy atom. The van der Waals surface area contributed by atoms with Crippen LogP contribution in [0.4, 0.5) is 0 Å². The zero-order chi connectivity index (χ0) is 38.9. The topological polar surface area (TPSA) is 152 Å². The number of sulfonamides is 1. The van der Waals surface area contributed by atoms with Gasteiger partial charge in [0, 0.05) is 48.3 Å². The number of benzene rings is 2. The first-order valence-electron chi connectivity index (χ1n) is 18.8. The van der Waals surface area contributed by atoms with Crippen LogP contribution in [0.15, 0.2) is 59.7 Å². The molecule has 54 heavy (non-hydrogen) atoms. The molecule has 13 heteroatoms. The molecule has 3 heterocycles. The summed E-state index contributed by atoms with van der Waals surface area (Å²) in [6, 6.07) is 9.34. The molecule has 2 fully saturated rings. The van der Waals surface area contributed by atoms with Gasteiger partial charge in [-0.25, -0.2) is 18.6 Å². The molecule has 1 amide bonds. The number of fused-ring (bicyclic) bond motifs is 6. The van der Waals surface area contributed by atoms with E-state index in [2.05, 4.69) is 54.2 Å². The molecule has 2 aliphatic heterocycles. The van der Waals surface area contributed by atoms with E-state index in [-0.39, 0.29) is 24.9 Å². The number of cyclic esters (lactones) is 1. The van der Waals surface area contributed by atoms with Crippen LogP contribution in [-0.2, 0) is 48.5 Å². The second-order valence-corrected chi connectivity index (χ2v) is 17.3. The van der Waals surface area contributed by atoms with Crippen LogP contribution in [0.1, 0.15) is 77.1 Å². The second kappa shape index (κ2) is 15.8. The molecular weight excluding hydrogens is 707 g/mol. The number of nitrogens with one attached hydrogen (secondary N) is 2. The van der Waals surface area contributed by atoms with Crippen molar-refractivity contribution in [1.82, 2.24) is 19.7 Å². The lowest BCUT2D eigenvalue weighted by atomic mass is 9.84. The van der Waals surface area contributed by atoms with Crippen LogP contribution >= 0.6 is 0 Å². The fourth-order valence-corrected chi connectivity index (χ4v) is 9.16. The zero-order valence-electron chi connectivity index (χ0n) is 32.1. The van der Waals surface area contributed by atoms with Crippen molar-refractivity contribution in [3.63, 3.8) is 0 Å². The Morgan fingerprint density at radius 2 is 1.94 bits per heavy atom. The molecule has 1 aliphatic carbocycles. The number of hydrazine groups is 1. The van der Waals surface area contributed by atoms with Crippen LogP contribution in [-0.4, -0.2) is 84.9 Å². The molecule has 12 nitrogen and oxygen atoms in total. The van der Waals surface area contributed by atoms with Crippen molar-refractivity contribution in [2.75, 3.05) is 20.3 Å². The van der Waals surface area contributed by atoms with Crippen molar-refractivity contribution < 1.29 is 32.6 Å². The molecule has 6 rings (SSSR count). The molecule has 1 aromatic heterocycles. The number of aliphatic imine (C=N–C) groups is 1. The number of methoxy groups -OCH3 is 1. The number of carbonyl (C=O) groups is 2. The predicted molar refractivity (Wildman–Crippen MR) is 211 cm³/mol. The molecule has 1 saturated heterocycles. The largest absolute Gasteiger partial charge is 0.508 e. The van der Waals surface area contributed by atoms with E-state index in [9.17, 15) is 23.1 Å². The highest BCUT2D eigenvalue weighted by Gasteiger charge is 2.41. The van der Waals surface area contributed by atoms with Gasteiger partial charge >= 0.3 is 5.97 Å². The SMILES string of the molecule is C=C/C(=C(\N=C/C)[C@H](C)OC)c1c2c3cc(ccc3n1CC)-c1cc(O)cc(c1)C[C@H](NS(=O)(=O)C1CC1)C(=O)N1CCC[C@H](N1)C(=O)OCC(C)(C)C2. The number of aryl methyl sites for hydroxylation is 1. The summed E-state index contributed by atoms with van der Waals surface area (Å²) in [4.78, 5) is 32.5. The molecule has 0 spiro atoms. The average Bonchev–Trinajstić information content (AvgIpc) is 3.97. The van der Waals surface area contributed by atoms with E-state index in [0.717, 1.165) is 39.0 Å². The molecule has 6 bridgehead atoms. The minimum atomic E-state index is -3.78. The number of aromatic hydroxyl groups is 1. The number of phenolic OH excluding ortho intramolecular Hbond substituents is 1. The summed E-state index contributed by atoms with van der Waals surface area (Å²) in [6.45, 7) is 15.3. The van der Waals surface area contributed by atoms with E-state index in [0.29, 0.717) is 56.3 Å². The Balaban J connectivity index is 1.57. The standard InChI is InChI=1S/C41H53N5O7S/c1-8-31(37(42-9-2)25(4)52-7)38-33-23-41(5,6)24-53-40(49)34-12-11-17-46(43-34)39(48)35(44-54(50,51)30-14-15-30)20-26-18-28(21-29(47)19-26)27-13-16-36(32(33)22-27)45(38)10-3/h8-9,13,16,18-19,21-22,25,30,34-35,43-44,47H,1,10-12,14-15,17,20,23-24H2,2-7H3/b37-31+,42-9-/t25-,34-,35-/m0/s1. The average molecular weight is 760 g/mol. The van der Waals surface area contributed by atoms with Gasteiger partial charge in [0.2, 0.25) is 10.0 Å². The van der Waals surface area contributed by atoms with Gasteiger partial charge in [0.25, 0.3) is 5.91 Å². The molecule has 2 aromatic carbocycles. The summed E-state index contributed by atoms with van der Waals surface area (Å²) in [7, 11) is -2.12. The molecule has 0 radical (unpaired) electrons. The smallest absolute Gasteiger partial charge is 0.324 e. The van der Waals surface area contributed by atoms with E-state index in [4.69, 9.17) is 14.5 Å². The summed E-state index contributed by atoms with van der Waals surface area (Å²) in [5.41, 5.74) is 9.17. The number of carbonyl (C=O) groups excluding carboxylic acids is 2. The number of phenols is 1. The maximum Gasteiger partial charge on any atom is 0.324 e. The van der Waals surface area contributed by atoms with Gasteiger partial charge in [0.1, 0.15) is 17.8 Å². The Morgan fingerprint density at radius 1 is 1.19 bits per heavy atom. The van der Waals surface area contributed by atoms with Crippen LogP contribution < -0.4 is 10.1 Å². The van der Waals surface area contributed by atoms with Gasteiger partial charge < -0.3 is 19.1 Å².